The van der Waals surface area contributed by atoms with Crippen LogP contribution in [-0.4, -0.2) is 18.4 Å². The standard InChI is InChI=1S/C18H20INO4/c1-11-8-13(3)17(9-12(11)2)24-10-14-15(19)6-5-7-16(14)20(22)18(21)23-4/h5-9,22H,10H2,1-4H3. The smallest absolute Gasteiger partial charge is 0.438 e. The van der Waals surface area contributed by atoms with E-state index in [9.17, 15) is 10.0 Å². The fraction of sp³-hybridized carbons (Fsp3) is 0.278. The summed E-state index contributed by atoms with van der Waals surface area (Å²) in [6, 6.07) is 9.37. The van der Waals surface area contributed by atoms with Crippen molar-refractivity contribution in [3.8, 4) is 5.75 Å². The van der Waals surface area contributed by atoms with E-state index in [1.165, 1.54) is 12.7 Å². The minimum atomic E-state index is -0.847. The Morgan fingerprint density at radius 3 is 2.50 bits per heavy atom. The third-order valence-corrected chi connectivity index (χ3v) is 4.84. The van der Waals surface area contributed by atoms with Crippen LogP contribution < -0.4 is 9.80 Å². The summed E-state index contributed by atoms with van der Waals surface area (Å²) >= 11 is 2.15. The molecule has 0 aliphatic rings. The predicted molar refractivity (Wildman–Crippen MR) is 101 cm³/mol. The third-order valence-electron chi connectivity index (χ3n) is 3.83. The first-order chi connectivity index (χ1) is 11.3. The molecule has 2 rings (SSSR count). The van der Waals surface area contributed by atoms with Gasteiger partial charge < -0.3 is 9.47 Å². The Bertz CT molecular complexity index is 761. The monoisotopic (exact) mass is 441 g/mol. The molecule has 0 aliphatic heterocycles. The fourth-order valence-electron chi connectivity index (χ4n) is 2.31. The first kappa shape index (κ1) is 18.5. The summed E-state index contributed by atoms with van der Waals surface area (Å²) in [5.74, 6) is 0.784. The van der Waals surface area contributed by atoms with Crippen molar-refractivity contribution in [2.75, 3.05) is 12.2 Å². The molecule has 1 N–H and O–H groups in total. The van der Waals surface area contributed by atoms with Crippen LogP contribution in [0.25, 0.3) is 0 Å². The molecule has 0 saturated heterocycles. The van der Waals surface area contributed by atoms with Gasteiger partial charge in [-0.1, -0.05) is 12.1 Å². The van der Waals surface area contributed by atoms with Crippen molar-refractivity contribution >= 4 is 34.4 Å². The topological polar surface area (TPSA) is 59.0 Å². The molecule has 0 aliphatic carbocycles. The van der Waals surface area contributed by atoms with Crippen LogP contribution in [0.1, 0.15) is 22.3 Å². The van der Waals surface area contributed by atoms with Gasteiger partial charge in [0, 0.05) is 9.13 Å². The van der Waals surface area contributed by atoms with Crippen molar-refractivity contribution < 1.29 is 19.5 Å². The average Bonchev–Trinajstić information content (AvgIpc) is 2.56. The first-order valence-electron chi connectivity index (χ1n) is 7.40. The summed E-state index contributed by atoms with van der Waals surface area (Å²) < 4.78 is 11.4. The lowest BCUT2D eigenvalue weighted by atomic mass is 10.1. The summed E-state index contributed by atoms with van der Waals surface area (Å²) in [6.07, 6.45) is -0.847. The SMILES string of the molecule is COC(=O)N(O)c1cccc(I)c1COc1cc(C)c(C)cc1C. The summed E-state index contributed by atoms with van der Waals surface area (Å²) in [4.78, 5) is 11.6. The van der Waals surface area contributed by atoms with E-state index in [2.05, 4.69) is 40.3 Å². The van der Waals surface area contributed by atoms with E-state index in [4.69, 9.17) is 4.74 Å². The molecule has 128 valence electrons. The van der Waals surface area contributed by atoms with E-state index in [1.807, 2.05) is 26.0 Å². The van der Waals surface area contributed by atoms with Gasteiger partial charge in [-0.25, -0.2) is 4.79 Å². The fourth-order valence-corrected chi connectivity index (χ4v) is 2.95. The van der Waals surface area contributed by atoms with Gasteiger partial charge in [0.15, 0.2) is 0 Å². The molecule has 0 heterocycles. The van der Waals surface area contributed by atoms with Gasteiger partial charge in [0.25, 0.3) is 0 Å². The van der Waals surface area contributed by atoms with Gasteiger partial charge in [-0.15, -0.1) is 0 Å². The number of anilines is 1. The molecule has 24 heavy (non-hydrogen) atoms. The van der Waals surface area contributed by atoms with Gasteiger partial charge in [0.1, 0.15) is 12.4 Å². The van der Waals surface area contributed by atoms with Gasteiger partial charge in [-0.3, -0.25) is 5.21 Å². The number of benzene rings is 2. The molecule has 0 radical (unpaired) electrons. The molecule has 0 bridgehead atoms. The lowest BCUT2D eigenvalue weighted by molar-refractivity contribution is 0.140. The Hall–Kier alpha value is -1.80. The van der Waals surface area contributed by atoms with Crippen LogP contribution >= 0.6 is 22.6 Å². The van der Waals surface area contributed by atoms with Crippen molar-refractivity contribution in [3.05, 3.63) is 56.2 Å². The zero-order valence-corrected chi connectivity index (χ0v) is 16.2. The van der Waals surface area contributed by atoms with E-state index in [-0.39, 0.29) is 6.61 Å². The number of methoxy groups -OCH3 is 1. The van der Waals surface area contributed by atoms with Crippen molar-refractivity contribution in [2.45, 2.75) is 27.4 Å². The molecule has 1 amide bonds. The normalized spacial score (nSPS) is 10.4. The van der Waals surface area contributed by atoms with Crippen LogP contribution in [0.5, 0.6) is 5.75 Å². The minimum absolute atomic E-state index is 0.228. The number of hydroxylamine groups is 1. The van der Waals surface area contributed by atoms with E-state index in [0.717, 1.165) is 20.4 Å². The van der Waals surface area contributed by atoms with Gasteiger partial charge in [-0.2, -0.15) is 5.06 Å². The molecule has 0 atom stereocenters. The second-order valence-electron chi connectivity index (χ2n) is 5.51. The maximum absolute atomic E-state index is 11.6. The van der Waals surface area contributed by atoms with E-state index in [0.29, 0.717) is 16.3 Å². The minimum Gasteiger partial charge on any atom is -0.489 e. The van der Waals surface area contributed by atoms with Crippen LogP contribution in [0.2, 0.25) is 0 Å². The van der Waals surface area contributed by atoms with E-state index in [1.54, 1.807) is 12.1 Å². The van der Waals surface area contributed by atoms with Crippen LogP contribution in [0, 0.1) is 24.3 Å². The molecule has 0 fully saturated rings. The zero-order valence-electron chi connectivity index (χ0n) is 14.1. The number of hydrogen-bond donors (Lipinski definition) is 1. The second kappa shape index (κ2) is 7.85. The lowest BCUT2D eigenvalue weighted by Gasteiger charge is -2.19. The molecule has 5 nitrogen and oxygen atoms in total. The molecule has 0 spiro atoms. The third kappa shape index (κ3) is 3.99. The highest BCUT2D eigenvalue weighted by molar-refractivity contribution is 14.1. The van der Waals surface area contributed by atoms with Gasteiger partial charge >= 0.3 is 6.09 Å². The number of rotatable bonds is 4. The lowest BCUT2D eigenvalue weighted by Crippen LogP contribution is -2.28. The number of ether oxygens (including phenoxy) is 2. The quantitative estimate of drug-likeness (QED) is 0.423. The van der Waals surface area contributed by atoms with Gasteiger partial charge in [0.05, 0.1) is 12.8 Å². The number of carbonyl (C=O) groups excluding carboxylic acids is 1. The Kier molecular flexibility index (Phi) is 6.06. The molecule has 0 aromatic heterocycles. The predicted octanol–water partition coefficient (Wildman–Crippen LogP) is 4.76. The number of carbonyl (C=O) groups is 1. The molecule has 2 aromatic carbocycles. The maximum Gasteiger partial charge on any atom is 0.438 e. The Labute approximate surface area is 155 Å². The van der Waals surface area contributed by atoms with Crippen LogP contribution in [0.4, 0.5) is 10.5 Å². The maximum atomic E-state index is 11.6. The summed E-state index contributed by atoms with van der Waals surface area (Å²) in [5, 5.41) is 10.5. The molecular formula is C18H20INO4. The summed E-state index contributed by atoms with van der Waals surface area (Å²) in [5.41, 5.74) is 4.46. The van der Waals surface area contributed by atoms with Gasteiger partial charge in [-0.05, 0) is 78.3 Å². The number of hydrogen-bond acceptors (Lipinski definition) is 4. The van der Waals surface area contributed by atoms with Crippen molar-refractivity contribution in [3.63, 3.8) is 0 Å². The molecule has 0 saturated carbocycles. The first-order valence-corrected chi connectivity index (χ1v) is 8.48. The highest BCUT2D eigenvalue weighted by Crippen LogP contribution is 2.28. The van der Waals surface area contributed by atoms with Gasteiger partial charge in [0.2, 0.25) is 0 Å². The number of aryl methyl sites for hydroxylation is 3. The van der Waals surface area contributed by atoms with Crippen molar-refractivity contribution in [1.29, 1.82) is 0 Å². The number of amides is 1. The Balaban J connectivity index is 2.30. The van der Waals surface area contributed by atoms with Crippen LogP contribution in [0.15, 0.2) is 30.3 Å². The molecule has 0 unspecified atom stereocenters. The molecule has 2 aromatic rings. The van der Waals surface area contributed by atoms with Crippen molar-refractivity contribution in [2.24, 2.45) is 0 Å². The van der Waals surface area contributed by atoms with Crippen LogP contribution in [-0.2, 0) is 11.3 Å². The highest BCUT2D eigenvalue weighted by Gasteiger charge is 2.19. The molecule has 6 heteroatoms. The number of nitrogens with zero attached hydrogens (tertiary/aromatic N) is 1. The molecular weight excluding hydrogens is 421 g/mol. The average molecular weight is 441 g/mol. The summed E-state index contributed by atoms with van der Waals surface area (Å²) in [7, 11) is 1.22. The van der Waals surface area contributed by atoms with E-state index < -0.39 is 6.09 Å². The summed E-state index contributed by atoms with van der Waals surface area (Å²) in [6.45, 7) is 6.31. The Morgan fingerprint density at radius 2 is 1.83 bits per heavy atom. The van der Waals surface area contributed by atoms with Crippen molar-refractivity contribution in [1.82, 2.24) is 0 Å². The van der Waals surface area contributed by atoms with E-state index >= 15 is 0 Å². The van der Waals surface area contributed by atoms with Crippen LogP contribution in [0.3, 0.4) is 0 Å². The second-order valence-corrected chi connectivity index (χ2v) is 6.67. The Morgan fingerprint density at radius 1 is 1.17 bits per heavy atom. The zero-order chi connectivity index (χ0) is 17.9. The number of halogens is 1. The largest absolute Gasteiger partial charge is 0.489 e. The highest BCUT2D eigenvalue weighted by atomic mass is 127.